The molecule has 2 aromatic rings. The Labute approximate surface area is 171 Å². The predicted octanol–water partition coefficient (Wildman–Crippen LogP) is 3.22. The van der Waals surface area contributed by atoms with Gasteiger partial charge in [-0.3, -0.25) is 4.79 Å². The van der Waals surface area contributed by atoms with Gasteiger partial charge in [0.15, 0.2) is 12.4 Å². The van der Waals surface area contributed by atoms with Gasteiger partial charge in [0.25, 0.3) is 0 Å². The Morgan fingerprint density at radius 3 is 1.93 bits per heavy atom. The second kappa shape index (κ2) is 10.5. The Morgan fingerprint density at radius 2 is 1.41 bits per heavy atom. The standard InChI is InChI=1S/C23H28O6/c1-3-19(24)29-20-16(2)28-23(25)22(27-15-18-12-8-5-9-13-18)21(20)26-14-17-10-6-4-7-11-17/h4-13,16,20-23,25H,3,14-15H2,1-2H3/t16-,20-,21+,22-,23+/m1/s1. The fraction of sp³-hybridized carbons (Fsp3) is 0.435. The highest BCUT2D eigenvalue weighted by molar-refractivity contribution is 5.69. The zero-order valence-corrected chi connectivity index (χ0v) is 16.8. The zero-order chi connectivity index (χ0) is 20.6. The molecule has 6 nitrogen and oxygen atoms in total. The van der Waals surface area contributed by atoms with Crippen LogP contribution in [0.15, 0.2) is 60.7 Å². The summed E-state index contributed by atoms with van der Waals surface area (Å²) in [5.74, 6) is -0.350. The van der Waals surface area contributed by atoms with Gasteiger partial charge >= 0.3 is 5.97 Å². The first-order valence-corrected chi connectivity index (χ1v) is 9.92. The van der Waals surface area contributed by atoms with Crippen molar-refractivity contribution in [3.63, 3.8) is 0 Å². The molecule has 0 aromatic heterocycles. The third-order valence-electron chi connectivity index (χ3n) is 4.87. The van der Waals surface area contributed by atoms with Gasteiger partial charge in [0, 0.05) is 6.42 Å². The molecule has 5 atom stereocenters. The highest BCUT2D eigenvalue weighted by Gasteiger charge is 2.47. The van der Waals surface area contributed by atoms with E-state index in [9.17, 15) is 9.90 Å². The number of ether oxygens (including phenoxy) is 4. The van der Waals surface area contributed by atoms with Gasteiger partial charge in [0.1, 0.15) is 12.2 Å². The molecule has 3 rings (SSSR count). The maximum absolute atomic E-state index is 12.0. The fourth-order valence-electron chi connectivity index (χ4n) is 3.29. The predicted molar refractivity (Wildman–Crippen MR) is 107 cm³/mol. The van der Waals surface area contributed by atoms with Crippen LogP contribution in [-0.2, 0) is 37.0 Å². The maximum Gasteiger partial charge on any atom is 0.305 e. The van der Waals surface area contributed by atoms with Crippen LogP contribution >= 0.6 is 0 Å². The normalized spacial score (nSPS) is 26.8. The van der Waals surface area contributed by atoms with Crippen molar-refractivity contribution in [2.24, 2.45) is 0 Å². The van der Waals surface area contributed by atoms with Crippen LogP contribution < -0.4 is 0 Å². The Kier molecular flexibility index (Phi) is 7.77. The molecule has 1 saturated heterocycles. The quantitative estimate of drug-likeness (QED) is 0.686. The van der Waals surface area contributed by atoms with Crippen LogP contribution in [0.3, 0.4) is 0 Å². The molecule has 6 heteroatoms. The van der Waals surface area contributed by atoms with Crippen molar-refractivity contribution < 1.29 is 28.8 Å². The highest BCUT2D eigenvalue weighted by atomic mass is 16.7. The third kappa shape index (κ3) is 5.87. The van der Waals surface area contributed by atoms with E-state index < -0.39 is 30.7 Å². The van der Waals surface area contributed by atoms with E-state index in [4.69, 9.17) is 18.9 Å². The lowest BCUT2D eigenvalue weighted by Gasteiger charge is -2.43. The summed E-state index contributed by atoms with van der Waals surface area (Å²) in [4.78, 5) is 12.0. The second-order valence-corrected chi connectivity index (χ2v) is 7.06. The smallest absolute Gasteiger partial charge is 0.305 e. The summed E-state index contributed by atoms with van der Waals surface area (Å²) >= 11 is 0. The third-order valence-corrected chi connectivity index (χ3v) is 4.87. The van der Waals surface area contributed by atoms with Crippen molar-refractivity contribution >= 4 is 5.97 Å². The Hall–Kier alpha value is -2.25. The number of esters is 1. The van der Waals surface area contributed by atoms with Crippen molar-refractivity contribution in [2.45, 2.75) is 64.2 Å². The number of aliphatic hydroxyl groups is 1. The lowest BCUT2D eigenvalue weighted by atomic mass is 9.98. The highest BCUT2D eigenvalue weighted by Crippen LogP contribution is 2.29. The first kappa shape index (κ1) is 21.5. The van der Waals surface area contributed by atoms with Gasteiger partial charge in [-0.1, -0.05) is 67.6 Å². The maximum atomic E-state index is 12.0. The van der Waals surface area contributed by atoms with Crippen LogP contribution in [0.4, 0.5) is 0 Å². The number of hydrogen-bond donors (Lipinski definition) is 1. The fourth-order valence-corrected chi connectivity index (χ4v) is 3.29. The lowest BCUT2D eigenvalue weighted by molar-refractivity contribution is -0.302. The van der Waals surface area contributed by atoms with E-state index >= 15 is 0 Å². The summed E-state index contributed by atoms with van der Waals surface area (Å²) in [5, 5.41) is 10.5. The average molecular weight is 400 g/mol. The zero-order valence-electron chi connectivity index (χ0n) is 16.8. The summed E-state index contributed by atoms with van der Waals surface area (Å²) in [7, 11) is 0. The Balaban J connectivity index is 1.77. The number of carbonyl (C=O) groups is 1. The average Bonchev–Trinajstić information content (AvgIpc) is 2.75. The minimum atomic E-state index is -1.19. The van der Waals surface area contributed by atoms with Gasteiger partial charge in [-0.05, 0) is 18.1 Å². The van der Waals surface area contributed by atoms with Crippen LogP contribution in [0.1, 0.15) is 31.4 Å². The molecule has 1 aliphatic heterocycles. The number of rotatable bonds is 8. The molecule has 1 aliphatic rings. The van der Waals surface area contributed by atoms with Crippen LogP contribution in [0.5, 0.6) is 0 Å². The van der Waals surface area contributed by atoms with Crippen molar-refractivity contribution in [2.75, 3.05) is 0 Å². The summed E-state index contributed by atoms with van der Waals surface area (Å²) in [6, 6.07) is 19.3. The first-order valence-electron chi connectivity index (χ1n) is 9.92. The summed E-state index contributed by atoms with van der Waals surface area (Å²) in [5.41, 5.74) is 1.94. The van der Waals surface area contributed by atoms with Crippen molar-refractivity contribution in [3.05, 3.63) is 71.8 Å². The van der Waals surface area contributed by atoms with Crippen LogP contribution in [-0.4, -0.2) is 41.8 Å². The largest absolute Gasteiger partial charge is 0.457 e. The number of benzene rings is 2. The van der Waals surface area contributed by atoms with Gasteiger partial charge in [-0.25, -0.2) is 0 Å². The summed E-state index contributed by atoms with van der Waals surface area (Å²) < 4.78 is 23.3. The number of aliphatic hydroxyl groups excluding tert-OH is 1. The molecule has 156 valence electrons. The number of carbonyl (C=O) groups excluding carboxylic acids is 1. The van der Waals surface area contributed by atoms with E-state index in [-0.39, 0.29) is 19.0 Å². The SMILES string of the molecule is CCC(=O)O[C@H]1[C@H](OCc2ccccc2)[C@@H](OCc2ccccc2)[C@@H](O)O[C@@H]1C. The molecule has 0 spiro atoms. The monoisotopic (exact) mass is 400 g/mol. The molecule has 1 fully saturated rings. The van der Waals surface area contributed by atoms with Crippen LogP contribution in [0.25, 0.3) is 0 Å². The molecule has 0 bridgehead atoms. The van der Waals surface area contributed by atoms with E-state index in [1.165, 1.54) is 0 Å². The van der Waals surface area contributed by atoms with Crippen LogP contribution in [0.2, 0.25) is 0 Å². The minimum absolute atomic E-state index is 0.243. The van der Waals surface area contributed by atoms with E-state index in [0.29, 0.717) is 6.61 Å². The van der Waals surface area contributed by atoms with Crippen molar-refractivity contribution in [3.8, 4) is 0 Å². The van der Waals surface area contributed by atoms with Gasteiger partial charge in [-0.15, -0.1) is 0 Å². The van der Waals surface area contributed by atoms with Crippen LogP contribution in [0, 0.1) is 0 Å². The Morgan fingerprint density at radius 1 is 0.897 bits per heavy atom. The molecule has 2 aromatic carbocycles. The molecule has 0 saturated carbocycles. The molecule has 0 amide bonds. The van der Waals surface area contributed by atoms with Gasteiger partial charge in [0.05, 0.1) is 19.3 Å². The van der Waals surface area contributed by atoms with Crippen molar-refractivity contribution in [1.82, 2.24) is 0 Å². The second-order valence-electron chi connectivity index (χ2n) is 7.06. The molecular weight excluding hydrogens is 372 g/mol. The molecule has 1 heterocycles. The van der Waals surface area contributed by atoms with Crippen molar-refractivity contribution in [1.29, 1.82) is 0 Å². The topological polar surface area (TPSA) is 74.2 Å². The summed E-state index contributed by atoms with van der Waals surface area (Å²) in [6.07, 6.45) is -3.63. The summed E-state index contributed by atoms with van der Waals surface area (Å²) in [6.45, 7) is 4.06. The molecule has 1 N–H and O–H groups in total. The lowest BCUT2D eigenvalue weighted by Crippen LogP contribution is -2.59. The number of hydrogen-bond acceptors (Lipinski definition) is 6. The van der Waals surface area contributed by atoms with E-state index in [0.717, 1.165) is 11.1 Å². The minimum Gasteiger partial charge on any atom is -0.457 e. The molecule has 0 aliphatic carbocycles. The first-order chi connectivity index (χ1) is 14.1. The molecule has 0 radical (unpaired) electrons. The van der Waals surface area contributed by atoms with Gasteiger partial charge in [0.2, 0.25) is 0 Å². The molecule has 0 unspecified atom stereocenters. The van der Waals surface area contributed by atoms with E-state index in [1.54, 1.807) is 13.8 Å². The van der Waals surface area contributed by atoms with Gasteiger partial charge in [-0.2, -0.15) is 0 Å². The molecular formula is C23H28O6. The Bertz CT molecular complexity index is 750. The molecule has 29 heavy (non-hydrogen) atoms. The van der Waals surface area contributed by atoms with E-state index in [1.807, 2.05) is 60.7 Å². The van der Waals surface area contributed by atoms with E-state index in [2.05, 4.69) is 0 Å². The van der Waals surface area contributed by atoms with Gasteiger partial charge < -0.3 is 24.1 Å².